The molecule has 11 nitrogen and oxygen atoms in total. The van der Waals surface area contributed by atoms with Gasteiger partial charge in [-0.3, -0.25) is 25.8 Å². The third-order valence-corrected chi connectivity index (χ3v) is 2.18. The molecular weight excluding hydrogens is 270 g/mol. The minimum atomic E-state index is -0.740. The fraction of sp³-hybridized carbons (Fsp3) is 0. The van der Waals surface area contributed by atoms with Gasteiger partial charge in [-0.1, -0.05) is 0 Å². The Bertz CT molecular complexity index is 627. The number of furan rings is 1. The molecule has 0 radical (unpaired) electrons. The fourth-order valence-electron chi connectivity index (χ4n) is 1.33. The van der Waals surface area contributed by atoms with Crippen LogP contribution in [-0.2, 0) is 0 Å². The summed E-state index contributed by atoms with van der Waals surface area (Å²) in [5.41, 5.74) is 6.08. The molecule has 0 spiro atoms. The maximum Gasteiger partial charge on any atom is 0.356 e. The molecule has 1 amide bonds. The van der Waals surface area contributed by atoms with Crippen LogP contribution in [0, 0.1) is 10.1 Å². The van der Waals surface area contributed by atoms with E-state index in [-0.39, 0.29) is 17.4 Å². The van der Waals surface area contributed by atoms with E-state index in [1.54, 1.807) is 0 Å². The Morgan fingerprint density at radius 2 is 2.15 bits per heavy atom. The number of nitrogens with zero attached hydrogens (tertiary/aromatic N) is 3. The molecule has 5 N–H and O–H groups in total. The molecule has 0 aliphatic carbocycles. The van der Waals surface area contributed by atoms with Crippen molar-refractivity contribution in [3.8, 4) is 0 Å². The zero-order valence-corrected chi connectivity index (χ0v) is 9.86. The third-order valence-electron chi connectivity index (χ3n) is 2.18. The zero-order valence-electron chi connectivity index (χ0n) is 9.86. The first-order valence-corrected chi connectivity index (χ1v) is 5.19. The van der Waals surface area contributed by atoms with E-state index in [9.17, 15) is 14.9 Å². The molecule has 2 heterocycles. The maximum atomic E-state index is 11.6. The standard InChI is InChI=1S/C9H9N7O4/c10-13-7-6(16(18)19)8(12-4-11-7)14-15-9(17)5-2-1-3-20-5/h1-4H,10H2,(H,15,17)(H2,11,12,13,14). The molecule has 0 atom stereocenters. The van der Waals surface area contributed by atoms with E-state index in [0.717, 1.165) is 6.33 Å². The monoisotopic (exact) mass is 279 g/mol. The van der Waals surface area contributed by atoms with Crippen molar-refractivity contribution in [2.24, 2.45) is 5.84 Å². The molecule has 104 valence electrons. The Labute approximate surface area is 111 Å². The summed E-state index contributed by atoms with van der Waals surface area (Å²) in [5.74, 6) is 4.11. The molecule has 0 aromatic carbocycles. The summed E-state index contributed by atoms with van der Waals surface area (Å²) in [6.07, 6.45) is 2.36. The van der Waals surface area contributed by atoms with Crippen LogP contribution in [0.15, 0.2) is 29.1 Å². The van der Waals surface area contributed by atoms with Crippen molar-refractivity contribution in [1.82, 2.24) is 15.4 Å². The first-order chi connectivity index (χ1) is 9.63. The van der Waals surface area contributed by atoms with Gasteiger partial charge in [-0.15, -0.1) is 0 Å². The molecule has 0 aliphatic heterocycles. The van der Waals surface area contributed by atoms with Crippen LogP contribution in [0.2, 0.25) is 0 Å². The number of hydrogen-bond donors (Lipinski definition) is 4. The van der Waals surface area contributed by atoms with Gasteiger partial charge >= 0.3 is 11.6 Å². The van der Waals surface area contributed by atoms with E-state index in [0.29, 0.717) is 0 Å². The summed E-state index contributed by atoms with van der Waals surface area (Å²) in [6.45, 7) is 0. The number of anilines is 2. The van der Waals surface area contributed by atoms with Gasteiger partial charge in [0.2, 0.25) is 11.6 Å². The molecule has 20 heavy (non-hydrogen) atoms. The molecule has 0 saturated carbocycles. The lowest BCUT2D eigenvalue weighted by atomic mass is 10.4. The summed E-state index contributed by atoms with van der Waals surface area (Å²) >= 11 is 0. The fourth-order valence-corrected chi connectivity index (χ4v) is 1.33. The molecule has 2 rings (SSSR count). The normalized spacial score (nSPS) is 9.85. The number of nitrogens with one attached hydrogen (secondary N) is 3. The smallest absolute Gasteiger partial charge is 0.356 e. The van der Waals surface area contributed by atoms with Crippen molar-refractivity contribution in [3.63, 3.8) is 0 Å². The molecule has 0 saturated heterocycles. The lowest BCUT2D eigenvalue weighted by Crippen LogP contribution is -2.30. The Hall–Kier alpha value is -3.21. The summed E-state index contributed by atoms with van der Waals surface area (Å²) < 4.78 is 4.86. The number of nitrogen functional groups attached to an aromatic ring is 1. The molecule has 2 aromatic heterocycles. The Balaban J connectivity index is 2.17. The highest BCUT2D eigenvalue weighted by atomic mass is 16.6. The Morgan fingerprint density at radius 3 is 2.75 bits per heavy atom. The van der Waals surface area contributed by atoms with Crippen LogP contribution in [0.4, 0.5) is 17.3 Å². The van der Waals surface area contributed by atoms with E-state index in [1.807, 2.05) is 0 Å². The molecule has 0 unspecified atom stereocenters. The van der Waals surface area contributed by atoms with Crippen molar-refractivity contribution in [3.05, 3.63) is 40.6 Å². The number of carbonyl (C=O) groups is 1. The summed E-state index contributed by atoms with van der Waals surface area (Å²) in [4.78, 5) is 29.0. The topological polar surface area (TPSA) is 161 Å². The number of nitrogens with two attached hydrogens (primary N) is 1. The van der Waals surface area contributed by atoms with Crippen LogP contribution in [0.1, 0.15) is 10.6 Å². The van der Waals surface area contributed by atoms with Gasteiger partial charge < -0.3 is 9.84 Å². The van der Waals surface area contributed by atoms with Crippen LogP contribution < -0.4 is 22.1 Å². The second-order valence-electron chi connectivity index (χ2n) is 3.38. The SMILES string of the molecule is NNc1ncnc(NNC(=O)c2ccco2)c1[N+](=O)[O-]. The Morgan fingerprint density at radius 1 is 1.40 bits per heavy atom. The second-order valence-corrected chi connectivity index (χ2v) is 3.38. The van der Waals surface area contributed by atoms with Gasteiger partial charge in [0, 0.05) is 0 Å². The van der Waals surface area contributed by atoms with Crippen LogP contribution >= 0.6 is 0 Å². The second kappa shape index (κ2) is 5.62. The lowest BCUT2D eigenvalue weighted by molar-refractivity contribution is -0.383. The number of aromatic nitrogens is 2. The van der Waals surface area contributed by atoms with Crippen LogP contribution in [0.5, 0.6) is 0 Å². The molecule has 2 aromatic rings. The average Bonchev–Trinajstić information content (AvgIpc) is 2.98. The largest absolute Gasteiger partial charge is 0.459 e. The van der Waals surface area contributed by atoms with Crippen molar-refractivity contribution >= 4 is 23.2 Å². The molecular formula is C9H9N7O4. The van der Waals surface area contributed by atoms with Gasteiger partial charge in [0.15, 0.2) is 5.76 Å². The molecule has 11 heteroatoms. The highest BCUT2D eigenvalue weighted by Gasteiger charge is 2.23. The van der Waals surface area contributed by atoms with E-state index >= 15 is 0 Å². The number of nitro groups is 1. The van der Waals surface area contributed by atoms with Gasteiger partial charge in [0.05, 0.1) is 11.2 Å². The molecule has 0 bridgehead atoms. The quantitative estimate of drug-likeness (QED) is 0.335. The first-order valence-electron chi connectivity index (χ1n) is 5.19. The Kier molecular flexibility index (Phi) is 3.72. The number of carbonyl (C=O) groups excluding carboxylic acids is 1. The molecule has 0 aliphatic rings. The predicted molar refractivity (Wildman–Crippen MR) is 66.3 cm³/mol. The van der Waals surface area contributed by atoms with Crippen molar-refractivity contribution in [2.45, 2.75) is 0 Å². The number of rotatable bonds is 5. The highest BCUT2D eigenvalue weighted by molar-refractivity contribution is 5.92. The van der Waals surface area contributed by atoms with Crippen LogP contribution in [-0.4, -0.2) is 20.8 Å². The number of amides is 1. The van der Waals surface area contributed by atoms with Crippen LogP contribution in [0.3, 0.4) is 0 Å². The van der Waals surface area contributed by atoms with Gasteiger partial charge in [-0.2, -0.15) is 0 Å². The van der Waals surface area contributed by atoms with Gasteiger partial charge in [0.1, 0.15) is 6.33 Å². The summed E-state index contributed by atoms with van der Waals surface area (Å²) in [5, 5.41) is 10.9. The number of hydrazine groups is 2. The minimum absolute atomic E-state index is 0.0337. The predicted octanol–water partition coefficient (Wildman–Crippen LogP) is 0.0203. The van der Waals surface area contributed by atoms with Gasteiger partial charge in [-0.05, 0) is 12.1 Å². The molecule has 0 fully saturated rings. The minimum Gasteiger partial charge on any atom is -0.459 e. The maximum absolute atomic E-state index is 11.6. The summed E-state index contributed by atoms with van der Waals surface area (Å²) in [7, 11) is 0. The summed E-state index contributed by atoms with van der Waals surface area (Å²) in [6, 6.07) is 2.96. The van der Waals surface area contributed by atoms with Gasteiger partial charge in [-0.25, -0.2) is 15.8 Å². The highest BCUT2D eigenvalue weighted by Crippen LogP contribution is 2.27. The van der Waals surface area contributed by atoms with Crippen molar-refractivity contribution < 1.29 is 14.1 Å². The van der Waals surface area contributed by atoms with Gasteiger partial charge in [0.25, 0.3) is 0 Å². The van der Waals surface area contributed by atoms with E-state index in [1.165, 1.54) is 18.4 Å². The lowest BCUT2D eigenvalue weighted by Gasteiger charge is -2.08. The van der Waals surface area contributed by atoms with E-state index in [4.69, 9.17) is 10.3 Å². The average molecular weight is 279 g/mol. The third kappa shape index (κ3) is 2.62. The number of hydrogen-bond acceptors (Lipinski definition) is 9. The van der Waals surface area contributed by atoms with Crippen molar-refractivity contribution in [1.29, 1.82) is 0 Å². The van der Waals surface area contributed by atoms with E-state index < -0.39 is 16.5 Å². The van der Waals surface area contributed by atoms with Crippen molar-refractivity contribution in [2.75, 3.05) is 10.9 Å². The van der Waals surface area contributed by atoms with E-state index in [2.05, 4.69) is 26.2 Å². The zero-order chi connectivity index (χ0) is 14.5. The van der Waals surface area contributed by atoms with Crippen LogP contribution in [0.25, 0.3) is 0 Å². The first kappa shape index (κ1) is 13.2.